The third-order valence-corrected chi connectivity index (χ3v) is 6.13. The van der Waals surface area contributed by atoms with Crippen LogP contribution in [0.15, 0.2) is 0 Å². The van der Waals surface area contributed by atoms with Crippen molar-refractivity contribution in [2.75, 3.05) is 23.8 Å². The number of hydrogen-bond acceptors (Lipinski definition) is 3. The van der Waals surface area contributed by atoms with Gasteiger partial charge in [0, 0.05) is 17.4 Å². The summed E-state index contributed by atoms with van der Waals surface area (Å²) >= 11 is 1.68. The van der Waals surface area contributed by atoms with E-state index >= 15 is 0 Å². The summed E-state index contributed by atoms with van der Waals surface area (Å²) in [6.07, 6.45) is 1.44. The molecule has 5 heteroatoms. The van der Waals surface area contributed by atoms with Crippen LogP contribution in [0, 0.1) is 5.92 Å². The number of rotatable bonds is 2. The zero-order valence-corrected chi connectivity index (χ0v) is 12.2. The molecule has 88 valence electrons. The van der Waals surface area contributed by atoms with Gasteiger partial charge < -0.3 is 14.2 Å². The summed E-state index contributed by atoms with van der Waals surface area (Å²) in [6, 6.07) is 0.482. The highest BCUT2D eigenvalue weighted by Crippen LogP contribution is 2.33. The number of ether oxygens (including phenoxy) is 1. The van der Waals surface area contributed by atoms with Crippen LogP contribution < -0.4 is 0 Å². The summed E-state index contributed by atoms with van der Waals surface area (Å²) in [5.74, 6) is 1.44. The van der Waals surface area contributed by atoms with E-state index < -0.39 is 11.2 Å². The molecule has 0 aromatic carbocycles. The standard InChI is InChI=1S/C10H18INO2S/c1-7-14-9(6-15(7)13)10-8(5-11)3-4-12(10)2/h7-10H,3-6H2,1-2H3/t7-,8?,9+,10+,15+/m1/s1. The molecular formula is C10H18INO2S. The Morgan fingerprint density at radius 1 is 1.60 bits per heavy atom. The first-order valence-corrected chi connectivity index (χ1v) is 8.33. The predicted molar refractivity (Wildman–Crippen MR) is 70.8 cm³/mol. The molecule has 2 saturated heterocycles. The number of likely N-dealkylation sites (N-methyl/N-ethyl adjacent to an activating group) is 1. The third-order valence-electron chi connectivity index (χ3n) is 3.49. The molecule has 0 spiro atoms. The second-order valence-corrected chi connectivity index (χ2v) is 7.10. The largest absolute Gasteiger partial charge is 0.614 e. The van der Waals surface area contributed by atoms with Gasteiger partial charge in [-0.3, -0.25) is 0 Å². The molecular weight excluding hydrogens is 325 g/mol. The van der Waals surface area contributed by atoms with Gasteiger partial charge >= 0.3 is 0 Å². The molecule has 0 radical (unpaired) electrons. The lowest BCUT2D eigenvalue weighted by Crippen LogP contribution is -2.42. The molecule has 1 unspecified atom stereocenters. The van der Waals surface area contributed by atoms with Crippen molar-refractivity contribution in [3.8, 4) is 0 Å². The van der Waals surface area contributed by atoms with Gasteiger partial charge in [0.25, 0.3) is 0 Å². The topological polar surface area (TPSA) is 35.5 Å². The van der Waals surface area contributed by atoms with Gasteiger partial charge in [-0.1, -0.05) is 22.6 Å². The molecule has 0 aromatic rings. The van der Waals surface area contributed by atoms with E-state index in [1.807, 2.05) is 6.92 Å². The Labute approximate surface area is 108 Å². The van der Waals surface area contributed by atoms with E-state index in [1.165, 1.54) is 10.8 Å². The Bertz CT molecular complexity index is 221. The fourth-order valence-electron chi connectivity index (χ4n) is 2.63. The average Bonchev–Trinajstić information content (AvgIpc) is 2.71. The van der Waals surface area contributed by atoms with Gasteiger partial charge in [-0.2, -0.15) is 0 Å². The molecule has 15 heavy (non-hydrogen) atoms. The summed E-state index contributed by atoms with van der Waals surface area (Å²) < 4.78 is 18.6. The van der Waals surface area contributed by atoms with Crippen molar-refractivity contribution in [2.24, 2.45) is 5.92 Å². The number of halogens is 1. The molecule has 0 bridgehead atoms. The third kappa shape index (κ3) is 2.46. The molecule has 0 aromatic heterocycles. The summed E-state index contributed by atoms with van der Waals surface area (Å²) in [7, 11) is 2.16. The highest BCUT2D eigenvalue weighted by molar-refractivity contribution is 14.1. The SMILES string of the molecule is C[C@@H]1O[C@H]([C@@H]2C(CI)CCN2C)C[S@+]1[O-]. The number of nitrogens with zero attached hydrogens (tertiary/aromatic N) is 1. The van der Waals surface area contributed by atoms with Gasteiger partial charge in [-0.25, -0.2) is 0 Å². The fraction of sp³-hybridized carbons (Fsp3) is 1.00. The van der Waals surface area contributed by atoms with Crippen molar-refractivity contribution in [3.05, 3.63) is 0 Å². The first-order chi connectivity index (χ1) is 7.13. The van der Waals surface area contributed by atoms with E-state index in [4.69, 9.17) is 4.74 Å². The Morgan fingerprint density at radius 3 is 2.87 bits per heavy atom. The normalized spacial score (nSPS) is 47.6. The van der Waals surface area contributed by atoms with Gasteiger partial charge in [-0.15, -0.1) is 0 Å². The quantitative estimate of drug-likeness (QED) is 0.430. The molecule has 2 rings (SSSR count). The van der Waals surface area contributed by atoms with Crippen LogP contribution in [0.5, 0.6) is 0 Å². The van der Waals surface area contributed by atoms with Crippen molar-refractivity contribution in [1.82, 2.24) is 4.90 Å². The van der Waals surface area contributed by atoms with Gasteiger partial charge in [0.2, 0.25) is 5.44 Å². The summed E-state index contributed by atoms with van der Waals surface area (Å²) in [5.41, 5.74) is -0.0705. The molecule has 2 aliphatic rings. The molecule has 2 fully saturated rings. The van der Waals surface area contributed by atoms with Crippen LogP contribution in [-0.2, 0) is 15.9 Å². The first kappa shape index (κ1) is 12.4. The van der Waals surface area contributed by atoms with E-state index in [1.54, 1.807) is 0 Å². The Hall–Kier alpha value is 0.960. The molecule has 0 N–H and O–H groups in total. The number of hydrogen-bond donors (Lipinski definition) is 0. The Morgan fingerprint density at radius 2 is 2.33 bits per heavy atom. The highest BCUT2D eigenvalue weighted by Gasteiger charge is 2.45. The maximum atomic E-state index is 11.6. The Kier molecular flexibility index (Phi) is 4.20. The fourth-order valence-corrected chi connectivity index (χ4v) is 4.73. The molecule has 0 saturated carbocycles. The minimum Gasteiger partial charge on any atom is -0.614 e. The second kappa shape index (κ2) is 5.08. The smallest absolute Gasteiger partial charge is 0.213 e. The van der Waals surface area contributed by atoms with Gasteiger partial charge in [0.1, 0.15) is 11.9 Å². The lowest BCUT2D eigenvalue weighted by Gasteiger charge is -2.27. The van der Waals surface area contributed by atoms with Crippen LogP contribution in [0.1, 0.15) is 13.3 Å². The minimum absolute atomic E-state index is 0.0705. The van der Waals surface area contributed by atoms with Crippen LogP contribution >= 0.6 is 22.6 Å². The maximum absolute atomic E-state index is 11.6. The number of alkyl halides is 1. The van der Waals surface area contributed by atoms with Crippen molar-refractivity contribution >= 4 is 33.8 Å². The van der Waals surface area contributed by atoms with Crippen LogP contribution in [0.25, 0.3) is 0 Å². The van der Waals surface area contributed by atoms with Gasteiger partial charge in [0.15, 0.2) is 0 Å². The van der Waals surface area contributed by atoms with Crippen LogP contribution in [0.3, 0.4) is 0 Å². The molecule has 0 amide bonds. The molecule has 2 heterocycles. The monoisotopic (exact) mass is 343 g/mol. The summed E-state index contributed by atoms with van der Waals surface area (Å²) in [5, 5.41) is 0. The average molecular weight is 343 g/mol. The lowest BCUT2D eigenvalue weighted by molar-refractivity contribution is 0.0146. The van der Waals surface area contributed by atoms with Gasteiger partial charge in [-0.05, 0) is 37.1 Å². The second-order valence-electron chi connectivity index (χ2n) is 4.46. The van der Waals surface area contributed by atoms with E-state index in [0.29, 0.717) is 12.0 Å². The van der Waals surface area contributed by atoms with E-state index in [9.17, 15) is 4.55 Å². The minimum atomic E-state index is -0.777. The predicted octanol–water partition coefficient (Wildman–Crippen LogP) is 1.24. The molecule has 2 aliphatic heterocycles. The summed E-state index contributed by atoms with van der Waals surface area (Å²) in [6.45, 7) is 3.07. The highest BCUT2D eigenvalue weighted by atomic mass is 127. The molecule has 0 aliphatic carbocycles. The maximum Gasteiger partial charge on any atom is 0.213 e. The number of likely N-dealkylation sites (tertiary alicyclic amines) is 1. The van der Waals surface area contributed by atoms with Crippen molar-refractivity contribution in [3.63, 3.8) is 0 Å². The van der Waals surface area contributed by atoms with Crippen molar-refractivity contribution in [1.29, 1.82) is 0 Å². The lowest BCUT2D eigenvalue weighted by atomic mass is 9.98. The zero-order valence-electron chi connectivity index (χ0n) is 9.19. The summed E-state index contributed by atoms with van der Waals surface area (Å²) in [4.78, 5) is 2.38. The van der Waals surface area contributed by atoms with Crippen molar-refractivity contribution < 1.29 is 9.29 Å². The molecule has 5 atom stereocenters. The van der Waals surface area contributed by atoms with E-state index in [-0.39, 0.29) is 11.5 Å². The van der Waals surface area contributed by atoms with E-state index in [2.05, 4.69) is 34.5 Å². The first-order valence-electron chi connectivity index (χ1n) is 5.42. The van der Waals surface area contributed by atoms with Crippen molar-refractivity contribution in [2.45, 2.75) is 30.9 Å². The van der Waals surface area contributed by atoms with Crippen LogP contribution in [0.4, 0.5) is 0 Å². The Balaban J connectivity index is 2.03. The van der Waals surface area contributed by atoms with Gasteiger partial charge in [0.05, 0.1) is 0 Å². The van der Waals surface area contributed by atoms with Crippen LogP contribution in [0.2, 0.25) is 0 Å². The molecule has 3 nitrogen and oxygen atoms in total. The van der Waals surface area contributed by atoms with E-state index in [0.717, 1.165) is 12.3 Å². The zero-order chi connectivity index (χ0) is 11.0. The van der Waals surface area contributed by atoms with Crippen LogP contribution in [-0.4, -0.2) is 50.8 Å².